The Balaban J connectivity index is 2.55. The van der Waals surface area contributed by atoms with E-state index in [-0.39, 0.29) is 14.7 Å². The van der Waals surface area contributed by atoms with E-state index in [1.165, 1.54) is 0 Å². The molecule has 0 aliphatic rings. The second-order valence-corrected chi connectivity index (χ2v) is 3.66. The topological polar surface area (TPSA) is 51.8 Å². The molecule has 0 unspecified atom stereocenters. The van der Waals surface area contributed by atoms with Gasteiger partial charge in [0.25, 0.3) is 0 Å². The van der Waals surface area contributed by atoms with E-state index >= 15 is 0 Å². The van der Waals surface area contributed by atoms with E-state index in [0.717, 1.165) is 16.9 Å². The van der Waals surface area contributed by atoms with Crippen molar-refractivity contribution < 1.29 is 0 Å². The molecule has 1 heterocycles. The quantitative estimate of drug-likeness (QED) is 0.575. The number of rotatable bonds is 1. The van der Waals surface area contributed by atoms with Crippen LogP contribution in [0.1, 0.15) is 0 Å². The summed E-state index contributed by atoms with van der Waals surface area (Å²) < 4.78 is 3.92. The third kappa shape index (κ3) is 1.26. The Morgan fingerprint density at radius 1 is 1.25 bits per heavy atom. The monoisotopic (exact) mass is 225 g/mol. The van der Waals surface area contributed by atoms with Gasteiger partial charge in [-0.2, -0.15) is 0 Å². The zero-order valence-corrected chi connectivity index (χ0v) is 7.98. The number of nitrogens with two attached hydrogens (primary N) is 1. The van der Waals surface area contributed by atoms with E-state index in [1.54, 1.807) is 0 Å². The second kappa shape index (κ2) is 3.09. The third-order valence-electron chi connectivity index (χ3n) is 1.60. The molecule has 3 nitrogen and oxygen atoms in total. The minimum absolute atomic E-state index is 0.178. The van der Waals surface area contributed by atoms with Gasteiger partial charge >= 0.3 is 75.8 Å². The van der Waals surface area contributed by atoms with Gasteiger partial charge < -0.3 is 0 Å². The average molecular weight is 224 g/mol. The van der Waals surface area contributed by atoms with Gasteiger partial charge in [0.15, 0.2) is 0 Å². The maximum absolute atomic E-state index is 5.76. The Morgan fingerprint density at radius 2 is 2.08 bits per heavy atom. The first-order valence-corrected chi connectivity index (χ1v) is 5.25. The number of anilines is 1. The van der Waals surface area contributed by atoms with Crippen LogP contribution in [0.25, 0.3) is 11.3 Å². The Morgan fingerprint density at radius 3 is 2.75 bits per heavy atom. The SMILES string of the molecule is Nc1ccccc1-c1c[se]nn1. The summed E-state index contributed by atoms with van der Waals surface area (Å²) in [5.74, 6) is 0. The molecule has 1 aromatic heterocycles. The molecule has 0 aliphatic heterocycles. The van der Waals surface area contributed by atoms with Crippen LogP contribution in [0.5, 0.6) is 0 Å². The first-order chi connectivity index (χ1) is 5.88. The molecular weight excluding hydrogens is 217 g/mol. The van der Waals surface area contributed by atoms with Crippen LogP contribution in [0.15, 0.2) is 29.2 Å². The van der Waals surface area contributed by atoms with Crippen LogP contribution in [0.2, 0.25) is 0 Å². The molecule has 0 spiro atoms. The van der Waals surface area contributed by atoms with Gasteiger partial charge in [-0.25, -0.2) is 0 Å². The van der Waals surface area contributed by atoms with E-state index in [1.807, 2.05) is 29.2 Å². The van der Waals surface area contributed by atoms with E-state index in [0.29, 0.717) is 0 Å². The number of benzene rings is 1. The fraction of sp³-hybridized carbons (Fsp3) is 0. The van der Waals surface area contributed by atoms with Crippen LogP contribution >= 0.6 is 0 Å². The zero-order valence-electron chi connectivity index (χ0n) is 6.27. The molecule has 0 saturated heterocycles. The van der Waals surface area contributed by atoms with Crippen molar-refractivity contribution in [2.24, 2.45) is 0 Å². The predicted molar refractivity (Wildman–Crippen MR) is 48.8 cm³/mol. The number of nitrogens with zero attached hydrogens (tertiary/aromatic N) is 2. The summed E-state index contributed by atoms with van der Waals surface area (Å²) in [5.41, 5.74) is 8.43. The zero-order chi connectivity index (χ0) is 8.39. The molecule has 1 aromatic carbocycles. The van der Waals surface area contributed by atoms with Crippen molar-refractivity contribution in [3.8, 4) is 11.3 Å². The van der Waals surface area contributed by atoms with Crippen molar-refractivity contribution in [1.82, 2.24) is 9.19 Å². The van der Waals surface area contributed by atoms with Crippen LogP contribution in [-0.4, -0.2) is 23.9 Å². The minimum atomic E-state index is 0.178. The molecule has 0 aliphatic carbocycles. The first-order valence-electron chi connectivity index (χ1n) is 3.50. The fourth-order valence-corrected chi connectivity index (χ4v) is 1.97. The second-order valence-electron chi connectivity index (χ2n) is 2.38. The molecule has 0 atom stereocenters. The molecule has 0 bridgehead atoms. The van der Waals surface area contributed by atoms with Crippen LogP contribution in [0.3, 0.4) is 0 Å². The Labute approximate surface area is 76.2 Å². The molecule has 0 fully saturated rings. The van der Waals surface area contributed by atoms with Crippen molar-refractivity contribution in [3.63, 3.8) is 0 Å². The Kier molecular flexibility index (Phi) is 1.94. The van der Waals surface area contributed by atoms with Gasteiger partial charge in [-0.05, 0) is 0 Å². The standard InChI is InChI=1S/C8H7N3Se/c9-7-4-2-1-3-6(7)8-5-12-11-10-8/h1-5H,9H2. The Hall–Kier alpha value is -1.12. The van der Waals surface area contributed by atoms with Gasteiger partial charge in [0, 0.05) is 0 Å². The normalized spacial score (nSPS) is 10.0. The summed E-state index contributed by atoms with van der Waals surface area (Å²) >= 11 is 0.178. The van der Waals surface area contributed by atoms with E-state index < -0.39 is 0 Å². The van der Waals surface area contributed by atoms with Crippen molar-refractivity contribution in [1.29, 1.82) is 0 Å². The molecule has 60 valence electrons. The molecule has 2 N–H and O–H groups in total. The predicted octanol–water partition coefficient (Wildman–Crippen LogP) is 0.783. The number of nitrogen functional groups attached to an aromatic ring is 1. The number of hydrogen-bond acceptors (Lipinski definition) is 3. The summed E-state index contributed by atoms with van der Waals surface area (Å²) in [6.07, 6.45) is 0. The summed E-state index contributed by atoms with van der Waals surface area (Å²) in [5, 5.41) is 4.00. The van der Waals surface area contributed by atoms with Gasteiger partial charge in [-0.15, -0.1) is 0 Å². The summed E-state index contributed by atoms with van der Waals surface area (Å²) in [7, 11) is 0. The molecule has 0 radical (unpaired) electrons. The van der Waals surface area contributed by atoms with Gasteiger partial charge in [-0.1, -0.05) is 0 Å². The maximum atomic E-state index is 5.76. The fourth-order valence-electron chi connectivity index (χ4n) is 1.01. The summed E-state index contributed by atoms with van der Waals surface area (Å²) in [6, 6.07) is 7.70. The number of aromatic nitrogens is 2. The average Bonchev–Trinajstić information content (AvgIpc) is 2.57. The van der Waals surface area contributed by atoms with Gasteiger partial charge in [-0.3, -0.25) is 0 Å². The molecule has 2 aromatic rings. The van der Waals surface area contributed by atoms with Crippen LogP contribution < -0.4 is 5.73 Å². The van der Waals surface area contributed by atoms with Crippen molar-refractivity contribution >= 4 is 20.4 Å². The molecule has 0 saturated carbocycles. The van der Waals surface area contributed by atoms with Crippen LogP contribution in [0, 0.1) is 0 Å². The van der Waals surface area contributed by atoms with Crippen LogP contribution in [-0.2, 0) is 0 Å². The third-order valence-corrected chi connectivity index (χ3v) is 2.66. The van der Waals surface area contributed by atoms with E-state index in [2.05, 4.69) is 9.19 Å². The molecule has 2 rings (SSSR count). The summed E-state index contributed by atoms with van der Waals surface area (Å²) in [6.45, 7) is 0. The van der Waals surface area contributed by atoms with Crippen molar-refractivity contribution in [3.05, 3.63) is 29.2 Å². The van der Waals surface area contributed by atoms with Gasteiger partial charge in [0.1, 0.15) is 0 Å². The molecule has 0 amide bonds. The van der Waals surface area contributed by atoms with Crippen molar-refractivity contribution in [2.75, 3.05) is 5.73 Å². The van der Waals surface area contributed by atoms with Gasteiger partial charge in [0.05, 0.1) is 0 Å². The van der Waals surface area contributed by atoms with E-state index in [4.69, 9.17) is 5.73 Å². The van der Waals surface area contributed by atoms with Gasteiger partial charge in [0.2, 0.25) is 0 Å². The number of para-hydroxylation sites is 1. The molecule has 4 heteroatoms. The summed E-state index contributed by atoms with van der Waals surface area (Å²) in [4.78, 5) is 2.03. The van der Waals surface area contributed by atoms with Crippen LogP contribution in [0.4, 0.5) is 5.69 Å². The molecular formula is C8H7N3Se. The van der Waals surface area contributed by atoms with Crippen molar-refractivity contribution in [2.45, 2.75) is 0 Å². The first kappa shape index (κ1) is 7.52. The Bertz CT molecular complexity index is 370. The van der Waals surface area contributed by atoms with E-state index in [9.17, 15) is 0 Å². The molecule has 12 heavy (non-hydrogen) atoms. The number of hydrogen-bond donors (Lipinski definition) is 1.